The molecule has 0 fully saturated rings. The van der Waals surface area contributed by atoms with Gasteiger partial charge in [0, 0.05) is 6.54 Å². The van der Waals surface area contributed by atoms with E-state index in [0.717, 1.165) is 16.9 Å². The summed E-state index contributed by atoms with van der Waals surface area (Å²) in [6.07, 6.45) is 0. The zero-order valence-electron chi connectivity index (χ0n) is 14.4. The first-order valence-electron chi connectivity index (χ1n) is 7.68. The van der Waals surface area contributed by atoms with Crippen LogP contribution in [0.4, 0.5) is 0 Å². The fraction of sp³-hybridized carbons (Fsp3) is 0.333. The van der Waals surface area contributed by atoms with Gasteiger partial charge in [-0.05, 0) is 56.2 Å². The highest BCUT2D eigenvalue weighted by atomic mass is 32.2. The van der Waals surface area contributed by atoms with Crippen LogP contribution in [0.1, 0.15) is 16.7 Å². The second kappa shape index (κ2) is 7.68. The normalized spacial score (nSPS) is 11.3. The van der Waals surface area contributed by atoms with Crippen LogP contribution in [0, 0.1) is 20.8 Å². The summed E-state index contributed by atoms with van der Waals surface area (Å²) >= 11 is 0. The summed E-state index contributed by atoms with van der Waals surface area (Å²) in [7, 11) is -2.03. The highest BCUT2D eigenvalue weighted by molar-refractivity contribution is 7.89. The molecule has 0 aliphatic heterocycles. The van der Waals surface area contributed by atoms with Crippen LogP contribution in [0.5, 0.6) is 11.5 Å². The summed E-state index contributed by atoms with van der Waals surface area (Å²) in [4.78, 5) is 0.245. The van der Waals surface area contributed by atoms with Crippen molar-refractivity contribution in [3.8, 4) is 11.5 Å². The summed E-state index contributed by atoms with van der Waals surface area (Å²) in [5, 5.41) is 0. The molecule has 0 heterocycles. The molecule has 2 aromatic carbocycles. The van der Waals surface area contributed by atoms with Crippen LogP contribution in [0.25, 0.3) is 0 Å². The lowest BCUT2D eigenvalue weighted by Crippen LogP contribution is -2.28. The van der Waals surface area contributed by atoms with E-state index in [1.807, 2.05) is 32.0 Å². The van der Waals surface area contributed by atoms with Crippen molar-refractivity contribution in [2.45, 2.75) is 25.7 Å². The van der Waals surface area contributed by atoms with Crippen molar-refractivity contribution in [2.24, 2.45) is 0 Å². The maximum Gasteiger partial charge on any atom is 0.240 e. The molecule has 0 saturated carbocycles. The number of sulfonamides is 1. The number of aryl methyl sites for hydroxylation is 3. The molecule has 5 nitrogen and oxygen atoms in total. The van der Waals surface area contributed by atoms with Crippen molar-refractivity contribution in [2.75, 3.05) is 20.3 Å². The van der Waals surface area contributed by atoms with Gasteiger partial charge in [-0.1, -0.05) is 17.7 Å². The van der Waals surface area contributed by atoms with Crippen molar-refractivity contribution in [1.82, 2.24) is 4.72 Å². The topological polar surface area (TPSA) is 64.6 Å². The first-order chi connectivity index (χ1) is 11.3. The second-order valence-corrected chi connectivity index (χ2v) is 7.38. The van der Waals surface area contributed by atoms with Gasteiger partial charge in [0.15, 0.2) is 0 Å². The van der Waals surface area contributed by atoms with Crippen molar-refractivity contribution >= 4 is 10.0 Å². The van der Waals surface area contributed by atoms with Crippen molar-refractivity contribution in [1.29, 1.82) is 0 Å². The SMILES string of the molecule is COc1ccc(S(=O)(=O)NCCOc2ccc(C)cc2C)c(C)c1. The largest absolute Gasteiger partial charge is 0.497 e. The molecule has 6 heteroatoms. The Hall–Kier alpha value is -2.05. The van der Waals surface area contributed by atoms with Crippen LogP contribution in [0.15, 0.2) is 41.3 Å². The second-order valence-electron chi connectivity index (χ2n) is 5.65. The van der Waals surface area contributed by atoms with Crippen LogP contribution in [0.3, 0.4) is 0 Å². The first kappa shape index (κ1) is 18.3. The third kappa shape index (κ3) is 4.49. The van der Waals surface area contributed by atoms with Crippen molar-refractivity contribution in [3.63, 3.8) is 0 Å². The Morgan fingerprint density at radius 3 is 2.38 bits per heavy atom. The average Bonchev–Trinajstić information content (AvgIpc) is 2.52. The van der Waals surface area contributed by atoms with Gasteiger partial charge in [0.25, 0.3) is 0 Å². The number of benzene rings is 2. The van der Waals surface area contributed by atoms with E-state index < -0.39 is 10.0 Å². The van der Waals surface area contributed by atoms with Gasteiger partial charge in [0.2, 0.25) is 10.0 Å². The average molecular weight is 349 g/mol. The number of methoxy groups -OCH3 is 1. The van der Waals surface area contributed by atoms with Crippen LogP contribution in [-0.2, 0) is 10.0 Å². The standard InChI is InChI=1S/C18H23NO4S/c1-13-5-7-17(14(2)11-13)23-10-9-19-24(20,21)18-8-6-16(22-4)12-15(18)3/h5-8,11-12,19H,9-10H2,1-4H3. The summed E-state index contributed by atoms with van der Waals surface area (Å²) in [6, 6.07) is 10.8. The van der Waals surface area contributed by atoms with E-state index in [0.29, 0.717) is 11.3 Å². The molecule has 0 aromatic heterocycles. The van der Waals surface area contributed by atoms with Crippen LogP contribution >= 0.6 is 0 Å². The zero-order valence-corrected chi connectivity index (χ0v) is 15.2. The molecule has 0 amide bonds. The Morgan fingerprint density at radius 1 is 1.00 bits per heavy atom. The monoisotopic (exact) mass is 349 g/mol. The molecule has 0 radical (unpaired) electrons. The van der Waals surface area contributed by atoms with Crippen LogP contribution in [0.2, 0.25) is 0 Å². The summed E-state index contributed by atoms with van der Waals surface area (Å²) in [5.41, 5.74) is 2.83. The minimum atomic E-state index is -3.57. The number of hydrogen-bond donors (Lipinski definition) is 1. The number of ether oxygens (including phenoxy) is 2. The Kier molecular flexibility index (Phi) is 5.85. The van der Waals surface area contributed by atoms with Gasteiger partial charge in [-0.3, -0.25) is 0 Å². The zero-order chi connectivity index (χ0) is 17.7. The van der Waals surface area contributed by atoms with Crippen LogP contribution < -0.4 is 14.2 Å². The molecule has 0 aliphatic carbocycles. The maximum atomic E-state index is 12.4. The van der Waals surface area contributed by atoms with Gasteiger partial charge < -0.3 is 9.47 Å². The molecule has 0 bridgehead atoms. The van der Waals surface area contributed by atoms with E-state index in [1.165, 1.54) is 0 Å². The van der Waals surface area contributed by atoms with Crippen molar-refractivity contribution < 1.29 is 17.9 Å². The molecule has 0 spiro atoms. The lowest BCUT2D eigenvalue weighted by molar-refractivity contribution is 0.320. The van der Waals surface area contributed by atoms with E-state index in [2.05, 4.69) is 4.72 Å². The molecule has 0 unspecified atom stereocenters. The lowest BCUT2D eigenvalue weighted by Gasteiger charge is -2.12. The molecule has 0 aliphatic rings. The van der Waals surface area contributed by atoms with Gasteiger partial charge >= 0.3 is 0 Å². The smallest absolute Gasteiger partial charge is 0.240 e. The minimum Gasteiger partial charge on any atom is -0.497 e. The Balaban J connectivity index is 1.95. The van der Waals surface area contributed by atoms with Crippen LogP contribution in [-0.4, -0.2) is 28.7 Å². The molecule has 130 valence electrons. The molecule has 2 rings (SSSR count). The fourth-order valence-electron chi connectivity index (χ4n) is 2.43. The molecule has 2 aromatic rings. The number of rotatable bonds is 7. The third-order valence-electron chi connectivity index (χ3n) is 3.65. The first-order valence-corrected chi connectivity index (χ1v) is 9.16. The molecule has 1 N–H and O–H groups in total. The fourth-order valence-corrected chi connectivity index (χ4v) is 3.66. The number of nitrogens with one attached hydrogen (secondary N) is 1. The van der Waals surface area contributed by atoms with E-state index >= 15 is 0 Å². The summed E-state index contributed by atoms with van der Waals surface area (Å²) < 4.78 is 38.0. The lowest BCUT2D eigenvalue weighted by atomic mass is 10.1. The van der Waals surface area contributed by atoms with Crippen molar-refractivity contribution in [3.05, 3.63) is 53.1 Å². The predicted molar refractivity (Wildman–Crippen MR) is 94.3 cm³/mol. The van der Waals surface area contributed by atoms with Gasteiger partial charge in [0.05, 0.1) is 12.0 Å². The van der Waals surface area contributed by atoms with E-state index in [9.17, 15) is 8.42 Å². The molecule has 24 heavy (non-hydrogen) atoms. The quantitative estimate of drug-likeness (QED) is 0.781. The molecule has 0 atom stereocenters. The maximum absolute atomic E-state index is 12.4. The highest BCUT2D eigenvalue weighted by Gasteiger charge is 2.16. The van der Waals surface area contributed by atoms with Gasteiger partial charge in [-0.2, -0.15) is 0 Å². The number of hydrogen-bond acceptors (Lipinski definition) is 4. The summed E-state index contributed by atoms with van der Waals surface area (Å²) in [6.45, 7) is 6.18. The Bertz CT molecular complexity index is 816. The van der Waals surface area contributed by atoms with E-state index in [4.69, 9.17) is 9.47 Å². The summed E-state index contributed by atoms with van der Waals surface area (Å²) in [5.74, 6) is 1.39. The van der Waals surface area contributed by atoms with Gasteiger partial charge in [-0.25, -0.2) is 13.1 Å². The highest BCUT2D eigenvalue weighted by Crippen LogP contribution is 2.21. The third-order valence-corrected chi connectivity index (χ3v) is 5.28. The minimum absolute atomic E-state index is 0.196. The predicted octanol–water partition coefficient (Wildman–Crippen LogP) is 2.98. The van der Waals surface area contributed by atoms with E-state index in [-0.39, 0.29) is 18.0 Å². The van der Waals surface area contributed by atoms with Gasteiger partial charge in [-0.15, -0.1) is 0 Å². The molecular weight excluding hydrogens is 326 g/mol. The van der Waals surface area contributed by atoms with E-state index in [1.54, 1.807) is 32.2 Å². The Morgan fingerprint density at radius 2 is 1.75 bits per heavy atom. The Labute approximate surface area is 143 Å². The molecule has 0 saturated heterocycles. The van der Waals surface area contributed by atoms with Gasteiger partial charge in [0.1, 0.15) is 18.1 Å². The molecular formula is C18H23NO4S.